The van der Waals surface area contributed by atoms with E-state index in [4.69, 9.17) is 5.73 Å². The Morgan fingerprint density at radius 3 is 1.71 bits per heavy atom. The first-order valence-electron chi connectivity index (χ1n) is 8.08. The molecule has 0 amide bonds. The van der Waals surface area contributed by atoms with Crippen LogP contribution in [-0.2, 0) is 6.42 Å². The molecule has 0 radical (unpaired) electrons. The molecule has 1 nitrogen and oxygen atoms in total. The zero-order valence-electron chi connectivity index (χ0n) is 13.6. The average Bonchev–Trinajstić information content (AvgIpc) is 2.63. The molecule has 3 aromatic rings. The van der Waals surface area contributed by atoms with Crippen LogP contribution in [0.2, 0.25) is 0 Å². The molecule has 0 saturated heterocycles. The van der Waals surface area contributed by atoms with Gasteiger partial charge in [0.15, 0.2) is 0 Å². The van der Waals surface area contributed by atoms with Crippen molar-refractivity contribution >= 4 is 40.8 Å². The lowest BCUT2D eigenvalue weighted by molar-refractivity contribution is 0.836. The maximum atomic E-state index is 5.73. The quantitative estimate of drug-likeness (QED) is 0.624. The zero-order valence-corrected chi connectivity index (χ0v) is 16.2. The molecule has 0 bridgehead atoms. The van der Waals surface area contributed by atoms with Crippen LogP contribution < -0.4 is 21.6 Å². The molecule has 124 valence electrons. The van der Waals surface area contributed by atoms with Gasteiger partial charge in [-0.1, -0.05) is 84.9 Å². The molecule has 0 fully saturated rings. The Kier molecular flexibility index (Phi) is 7.65. The van der Waals surface area contributed by atoms with Gasteiger partial charge < -0.3 is 5.73 Å². The summed E-state index contributed by atoms with van der Waals surface area (Å²) in [6.07, 6.45) is 2.08. The third-order valence-electron chi connectivity index (χ3n) is 3.91. The first kappa shape index (κ1) is 18.9. The number of benzene rings is 3. The van der Waals surface area contributed by atoms with Gasteiger partial charge in [0.2, 0.25) is 0 Å². The van der Waals surface area contributed by atoms with Crippen LogP contribution in [0.4, 0.5) is 0 Å². The predicted octanol–water partition coefficient (Wildman–Crippen LogP) is 3.91. The molecule has 0 spiro atoms. The van der Waals surface area contributed by atoms with Crippen LogP contribution in [0.15, 0.2) is 84.9 Å². The van der Waals surface area contributed by atoms with E-state index in [9.17, 15) is 0 Å². The Hall–Kier alpha value is -1.47. The largest absolute Gasteiger partial charge is 0.330 e. The van der Waals surface area contributed by atoms with Crippen molar-refractivity contribution in [3.8, 4) is 0 Å². The Bertz CT molecular complexity index is 692. The summed E-state index contributed by atoms with van der Waals surface area (Å²) in [5, 5.41) is 4.25. The Morgan fingerprint density at radius 2 is 1.17 bits per heavy atom. The monoisotopic (exact) mass is 399 g/mol. The molecule has 3 heteroatoms. The second-order valence-corrected chi connectivity index (χ2v) is 7.71. The second kappa shape index (κ2) is 9.74. The average molecular weight is 400 g/mol. The van der Waals surface area contributed by atoms with Crippen LogP contribution in [-0.4, -0.2) is 6.54 Å². The van der Waals surface area contributed by atoms with Crippen molar-refractivity contribution in [2.75, 3.05) is 6.54 Å². The highest BCUT2D eigenvalue weighted by atomic mass is 79.9. The van der Waals surface area contributed by atoms with E-state index in [1.807, 2.05) is 0 Å². The van der Waals surface area contributed by atoms with Crippen molar-refractivity contribution in [3.63, 3.8) is 0 Å². The van der Waals surface area contributed by atoms with E-state index < -0.39 is 7.92 Å². The first-order chi connectivity index (χ1) is 11.4. The number of hydrogen-bond donors (Lipinski definition) is 1. The van der Waals surface area contributed by atoms with Gasteiger partial charge in [-0.3, -0.25) is 0 Å². The highest BCUT2D eigenvalue weighted by Crippen LogP contribution is 2.34. The van der Waals surface area contributed by atoms with Crippen molar-refractivity contribution in [3.05, 3.63) is 90.5 Å². The second-order valence-electron chi connectivity index (χ2n) is 5.53. The van der Waals surface area contributed by atoms with E-state index in [0.29, 0.717) is 0 Å². The summed E-state index contributed by atoms with van der Waals surface area (Å²) in [7, 11) is -0.524. The van der Waals surface area contributed by atoms with Crippen LogP contribution in [0.1, 0.15) is 12.0 Å². The van der Waals surface area contributed by atoms with Gasteiger partial charge in [-0.2, -0.15) is 0 Å². The molecule has 0 aromatic heterocycles. The summed E-state index contributed by atoms with van der Waals surface area (Å²) in [6, 6.07) is 30.5. The van der Waals surface area contributed by atoms with Gasteiger partial charge >= 0.3 is 0 Å². The van der Waals surface area contributed by atoms with E-state index in [0.717, 1.165) is 19.4 Å². The van der Waals surface area contributed by atoms with Crippen LogP contribution in [0.3, 0.4) is 0 Å². The maximum Gasteiger partial charge on any atom is -0.00741 e. The van der Waals surface area contributed by atoms with E-state index in [2.05, 4.69) is 84.9 Å². The van der Waals surface area contributed by atoms with Crippen molar-refractivity contribution < 1.29 is 0 Å². The SMILES string of the molecule is Br.NCCCc1ccccc1P(c1ccccc1)c1ccccc1. The summed E-state index contributed by atoms with van der Waals surface area (Å²) in [4.78, 5) is 0. The number of nitrogens with two attached hydrogens (primary N) is 1. The fourth-order valence-corrected chi connectivity index (χ4v) is 5.32. The van der Waals surface area contributed by atoms with E-state index in [1.165, 1.54) is 21.5 Å². The summed E-state index contributed by atoms with van der Waals surface area (Å²) >= 11 is 0. The van der Waals surface area contributed by atoms with E-state index in [1.54, 1.807) is 0 Å². The van der Waals surface area contributed by atoms with Crippen molar-refractivity contribution in [1.82, 2.24) is 0 Å². The van der Waals surface area contributed by atoms with Crippen molar-refractivity contribution in [2.24, 2.45) is 5.73 Å². The summed E-state index contributed by atoms with van der Waals surface area (Å²) in [5.41, 5.74) is 7.16. The Labute approximate surface area is 156 Å². The molecule has 0 aliphatic rings. The molecular formula is C21H23BrNP. The topological polar surface area (TPSA) is 26.0 Å². The molecular weight excluding hydrogens is 377 g/mol. The summed E-state index contributed by atoms with van der Waals surface area (Å²) in [6.45, 7) is 0.739. The summed E-state index contributed by atoms with van der Waals surface area (Å²) < 4.78 is 0. The van der Waals surface area contributed by atoms with Gasteiger partial charge in [0, 0.05) is 0 Å². The predicted molar refractivity (Wildman–Crippen MR) is 113 cm³/mol. The fraction of sp³-hybridized carbons (Fsp3) is 0.143. The van der Waals surface area contributed by atoms with Gasteiger partial charge in [-0.25, -0.2) is 0 Å². The van der Waals surface area contributed by atoms with E-state index >= 15 is 0 Å². The molecule has 0 saturated carbocycles. The normalized spacial score (nSPS) is 10.4. The molecule has 0 aliphatic heterocycles. The minimum absolute atomic E-state index is 0. The molecule has 24 heavy (non-hydrogen) atoms. The number of hydrogen-bond acceptors (Lipinski definition) is 1. The zero-order chi connectivity index (χ0) is 15.9. The van der Waals surface area contributed by atoms with Crippen LogP contribution in [0, 0.1) is 0 Å². The lowest BCUT2D eigenvalue weighted by Crippen LogP contribution is -2.23. The van der Waals surface area contributed by atoms with Gasteiger partial charge in [-0.05, 0) is 48.8 Å². The molecule has 3 aromatic carbocycles. The number of rotatable bonds is 6. The highest BCUT2D eigenvalue weighted by molar-refractivity contribution is 8.93. The van der Waals surface area contributed by atoms with Gasteiger partial charge in [-0.15, -0.1) is 17.0 Å². The fourth-order valence-electron chi connectivity index (χ4n) is 2.81. The lowest BCUT2D eigenvalue weighted by Gasteiger charge is -2.22. The highest BCUT2D eigenvalue weighted by Gasteiger charge is 2.18. The van der Waals surface area contributed by atoms with Gasteiger partial charge in [0.1, 0.15) is 0 Å². The molecule has 0 atom stereocenters. The van der Waals surface area contributed by atoms with Gasteiger partial charge in [0.05, 0.1) is 0 Å². The first-order valence-corrected chi connectivity index (χ1v) is 9.42. The van der Waals surface area contributed by atoms with Crippen molar-refractivity contribution in [1.29, 1.82) is 0 Å². The Morgan fingerprint density at radius 1 is 0.667 bits per heavy atom. The van der Waals surface area contributed by atoms with E-state index in [-0.39, 0.29) is 17.0 Å². The van der Waals surface area contributed by atoms with Gasteiger partial charge in [0.25, 0.3) is 0 Å². The lowest BCUT2D eigenvalue weighted by atomic mass is 10.1. The summed E-state index contributed by atoms with van der Waals surface area (Å²) in [5.74, 6) is 0. The van der Waals surface area contributed by atoms with Crippen LogP contribution >= 0.6 is 24.9 Å². The Balaban J connectivity index is 0.00000208. The number of halogens is 1. The minimum Gasteiger partial charge on any atom is -0.330 e. The van der Waals surface area contributed by atoms with Crippen molar-refractivity contribution in [2.45, 2.75) is 12.8 Å². The van der Waals surface area contributed by atoms with Crippen LogP contribution in [0.5, 0.6) is 0 Å². The molecule has 0 unspecified atom stereocenters. The third-order valence-corrected chi connectivity index (χ3v) is 6.46. The maximum absolute atomic E-state index is 5.73. The molecule has 2 N–H and O–H groups in total. The minimum atomic E-state index is -0.524. The third kappa shape index (κ3) is 4.54. The molecule has 3 rings (SSSR count). The standard InChI is InChI=1S/C21H22NP.BrH/c22-17-9-11-18-10-7-8-16-21(18)23(19-12-3-1-4-13-19)20-14-5-2-6-15-20;/h1-8,10,12-16H,9,11,17,22H2;1H. The smallest absolute Gasteiger partial charge is 0.00741 e. The molecule has 0 heterocycles. The molecule has 0 aliphatic carbocycles. The van der Waals surface area contributed by atoms with Crippen LogP contribution in [0.25, 0.3) is 0 Å². The number of aryl methyl sites for hydroxylation is 1.